The first kappa shape index (κ1) is 16.7. The van der Waals surface area contributed by atoms with Crippen LogP contribution in [0.25, 0.3) is 0 Å². The highest BCUT2D eigenvalue weighted by Gasteiger charge is 2.15. The molecule has 2 rings (SSSR count). The Balaban J connectivity index is 1.83. The van der Waals surface area contributed by atoms with E-state index in [0.29, 0.717) is 12.2 Å². The molecule has 0 heterocycles. The van der Waals surface area contributed by atoms with E-state index in [0.717, 1.165) is 12.0 Å². The fourth-order valence-electron chi connectivity index (χ4n) is 2.24. The molecule has 0 radical (unpaired) electrons. The van der Waals surface area contributed by atoms with Crippen molar-refractivity contribution in [3.8, 4) is 0 Å². The predicted molar refractivity (Wildman–Crippen MR) is 92.3 cm³/mol. The van der Waals surface area contributed by atoms with E-state index < -0.39 is 11.8 Å². The summed E-state index contributed by atoms with van der Waals surface area (Å²) in [5, 5.41) is 5.28. The molecule has 2 N–H and O–H groups in total. The smallest absolute Gasteiger partial charge is 0.313 e. The van der Waals surface area contributed by atoms with Crippen molar-refractivity contribution in [2.75, 3.05) is 11.9 Å². The molecule has 0 aliphatic heterocycles. The molecule has 2 amide bonds. The van der Waals surface area contributed by atoms with Crippen molar-refractivity contribution in [3.05, 3.63) is 65.7 Å². The van der Waals surface area contributed by atoms with E-state index in [1.54, 1.807) is 12.1 Å². The molecule has 0 aliphatic carbocycles. The topological polar surface area (TPSA) is 58.2 Å². The SMILES string of the molecule is CCc1ccc(NC(=O)C(=O)NC[C@@H](C)c2ccccc2)cc1. The second-order valence-electron chi connectivity index (χ2n) is 5.53. The van der Waals surface area contributed by atoms with E-state index in [1.165, 1.54) is 5.56 Å². The number of aryl methyl sites for hydroxylation is 1. The molecular weight excluding hydrogens is 288 g/mol. The summed E-state index contributed by atoms with van der Waals surface area (Å²) < 4.78 is 0. The average Bonchev–Trinajstić information content (AvgIpc) is 2.60. The summed E-state index contributed by atoms with van der Waals surface area (Å²) in [5.41, 5.74) is 2.94. The quantitative estimate of drug-likeness (QED) is 0.834. The first-order valence-corrected chi connectivity index (χ1v) is 7.83. The zero-order valence-corrected chi connectivity index (χ0v) is 13.5. The Morgan fingerprint density at radius 2 is 1.61 bits per heavy atom. The van der Waals surface area contributed by atoms with Crippen LogP contribution < -0.4 is 10.6 Å². The summed E-state index contributed by atoms with van der Waals surface area (Å²) in [5.74, 6) is -1.11. The van der Waals surface area contributed by atoms with Gasteiger partial charge in [-0.1, -0.05) is 56.3 Å². The third kappa shape index (κ3) is 4.95. The maximum Gasteiger partial charge on any atom is 0.313 e. The number of hydrogen-bond donors (Lipinski definition) is 2. The summed E-state index contributed by atoms with van der Waals surface area (Å²) >= 11 is 0. The van der Waals surface area contributed by atoms with Gasteiger partial charge in [0.1, 0.15) is 0 Å². The van der Waals surface area contributed by atoms with Gasteiger partial charge in [-0.3, -0.25) is 9.59 Å². The molecule has 2 aromatic rings. The third-order valence-electron chi connectivity index (χ3n) is 3.76. The molecule has 0 fully saturated rings. The fraction of sp³-hybridized carbons (Fsp3) is 0.263. The van der Waals surface area contributed by atoms with Crippen LogP contribution in [-0.2, 0) is 16.0 Å². The van der Waals surface area contributed by atoms with Crippen molar-refractivity contribution in [1.29, 1.82) is 0 Å². The number of nitrogens with one attached hydrogen (secondary N) is 2. The summed E-state index contributed by atoms with van der Waals surface area (Å²) in [7, 11) is 0. The summed E-state index contributed by atoms with van der Waals surface area (Å²) in [4.78, 5) is 23.8. The Kier molecular flexibility index (Phi) is 5.92. The number of amides is 2. The molecule has 120 valence electrons. The lowest BCUT2D eigenvalue weighted by molar-refractivity contribution is -0.136. The van der Waals surface area contributed by atoms with Gasteiger partial charge in [0.25, 0.3) is 0 Å². The van der Waals surface area contributed by atoms with Crippen molar-refractivity contribution in [1.82, 2.24) is 5.32 Å². The number of benzene rings is 2. The lowest BCUT2D eigenvalue weighted by Gasteiger charge is -2.13. The van der Waals surface area contributed by atoms with E-state index >= 15 is 0 Å². The molecule has 0 saturated carbocycles. The summed E-state index contributed by atoms with van der Waals surface area (Å²) in [6, 6.07) is 17.4. The molecule has 0 saturated heterocycles. The van der Waals surface area contributed by atoms with Gasteiger partial charge < -0.3 is 10.6 Å². The highest BCUT2D eigenvalue weighted by Crippen LogP contribution is 2.13. The van der Waals surface area contributed by atoms with E-state index in [-0.39, 0.29) is 5.92 Å². The minimum atomic E-state index is -0.644. The van der Waals surface area contributed by atoms with Gasteiger partial charge in [0.2, 0.25) is 0 Å². The second-order valence-corrected chi connectivity index (χ2v) is 5.53. The minimum absolute atomic E-state index is 0.150. The number of hydrogen-bond acceptors (Lipinski definition) is 2. The van der Waals surface area contributed by atoms with Crippen molar-refractivity contribution in [2.24, 2.45) is 0 Å². The van der Waals surface area contributed by atoms with Gasteiger partial charge in [0, 0.05) is 12.2 Å². The van der Waals surface area contributed by atoms with Crippen molar-refractivity contribution < 1.29 is 9.59 Å². The molecule has 0 spiro atoms. The monoisotopic (exact) mass is 310 g/mol. The maximum absolute atomic E-state index is 11.9. The van der Waals surface area contributed by atoms with Crippen LogP contribution in [0.15, 0.2) is 54.6 Å². The maximum atomic E-state index is 11.9. The molecule has 23 heavy (non-hydrogen) atoms. The zero-order valence-electron chi connectivity index (χ0n) is 13.5. The highest BCUT2D eigenvalue weighted by atomic mass is 16.2. The van der Waals surface area contributed by atoms with E-state index in [4.69, 9.17) is 0 Å². The molecule has 2 aromatic carbocycles. The predicted octanol–water partition coefficient (Wildman–Crippen LogP) is 3.11. The Hall–Kier alpha value is -2.62. The molecule has 0 unspecified atom stereocenters. The van der Waals surface area contributed by atoms with Gasteiger partial charge in [0.05, 0.1) is 0 Å². The third-order valence-corrected chi connectivity index (χ3v) is 3.76. The number of carbonyl (C=O) groups excluding carboxylic acids is 2. The Labute approximate surface area is 136 Å². The van der Waals surface area contributed by atoms with Crippen LogP contribution in [0.4, 0.5) is 5.69 Å². The molecule has 1 atom stereocenters. The molecular formula is C19H22N2O2. The van der Waals surface area contributed by atoms with Crippen LogP contribution in [0.2, 0.25) is 0 Å². The van der Waals surface area contributed by atoms with Crippen molar-refractivity contribution in [2.45, 2.75) is 26.2 Å². The van der Waals surface area contributed by atoms with Crippen molar-refractivity contribution in [3.63, 3.8) is 0 Å². The lowest BCUT2D eigenvalue weighted by Crippen LogP contribution is -2.37. The molecule has 0 aliphatic rings. The first-order valence-electron chi connectivity index (χ1n) is 7.83. The molecule has 4 heteroatoms. The minimum Gasteiger partial charge on any atom is -0.347 e. The van der Waals surface area contributed by atoms with E-state index in [9.17, 15) is 9.59 Å². The summed E-state index contributed by atoms with van der Waals surface area (Å²) in [6.07, 6.45) is 0.937. The van der Waals surface area contributed by atoms with Gasteiger partial charge in [-0.05, 0) is 35.6 Å². The number of anilines is 1. The van der Waals surface area contributed by atoms with Crippen LogP contribution in [0.3, 0.4) is 0 Å². The lowest BCUT2D eigenvalue weighted by atomic mass is 10.0. The highest BCUT2D eigenvalue weighted by molar-refractivity contribution is 6.39. The Morgan fingerprint density at radius 3 is 2.22 bits per heavy atom. The Bertz CT molecular complexity index is 651. The fourth-order valence-corrected chi connectivity index (χ4v) is 2.24. The normalized spacial score (nSPS) is 11.6. The van der Waals surface area contributed by atoms with Crippen LogP contribution in [0.5, 0.6) is 0 Å². The van der Waals surface area contributed by atoms with Gasteiger partial charge in [0.15, 0.2) is 0 Å². The van der Waals surface area contributed by atoms with E-state index in [2.05, 4.69) is 17.6 Å². The average molecular weight is 310 g/mol. The number of rotatable bonds is 5. The van der Waals surface area contributed by atoms with Crippen LogP contribution in [-0.4, -0.2) is 18.4 Å². The number of carbonyl (C=O) groups is 2. The largest absolute Gasteiger partial charge is 0.347 e. The van der Waals surface area contributed by atoms with Crippen LogP contribution in [0, 0.1) is 0 Å². The van der Waals surface area contributed by atoms with Gasteiger partial charge >= 0.3 is 11.8 Å². The first-order chi connectivity index (χ1) is 11.1. The van der Waals surface area contributed by atoms with Gasteiger partial charge in [-0.2, -0.15) is 0 Å². The molecule has 4 nitrogen and oxygen atoms in total. The van der Waals surface area contributed by atoms with Gasteiger partial charge in [-0.15, -0.1) is 0 Å². The zero-order chi connectivity index (χ0) is 16.7. The van der Waals surface area contributed by atoms with Crippen LogP contribution >= 0.6 is 0 Å². The van der Waals surface area contributed by atoms with E-state index in [1.807, 2.05) is 49.4 Å². The second kappa shape index (κ2) is 8.13. The summed E-state index contributed by atoms with van der Waals surface area (Å²) in [6.45, 7) is 4.50. The molecule has 0 aromatic heterocycles. The van der Waals surface area contributed by atoms with Crippen molar-refractivity contribution >= 4 is 17.5 Å². The molecule has 0 bridgehead atoms. The van der Waals surface area contributed by atoms with Gasteiger partial charge in [-0.25, -0.2) is 0 Å². The Morgan fingerprint density at radius 1 is 0.957 bits per heavy atom. The standard InChI is InChI=1S/C19H22N2O2/c1-3-15-9-11-17(12-10-15)21-19(23)18(22)20-13-14(2)16-7-5-4-6-8-16/h4-12,14H,3,13H2,1-2H3,(H,20,22)(H,21,23)/t14-/m1/s1. The van der Waals surface area contributed by atoms with Crippen LogP contribution in [0.1, 0.15) is 30.9 Å².